The van der Waals surface area contributed by atoms with E-state index in [-0.39, 0.29) is 6.04 Å². The van der Waals surface area contributed by atoms with Gasteiger partial charge in [-0.25, -0.2) is 0 Å². The van der Waals surface area contributed by atoms with Crippen LogP contribution in [0.15, 0.2) is 58.4 Å². The fourth-order valence-electron chi connectivity index (χ4n) is 2.48. The van der Waals surface area contributed by atoms with E-state index in [0.29, 0.717) is 0 Å². The first kappa shape index (κ1) is 13.8. The summed E-state index contributed by atoms with van der Waals surface area (Å²) in [6, 6.07) is 19.1. The summed E-state index contributed by atoms with van der Waals surface area (Å²) in [5.41, 5.74) is 4.21. The highest BCUT2D eigenvalue weighted by atomic mass is 79.9. The molecule has 2 aromatic carbocycles. The van der Waals surface area contributed by atoms with Gasteiger partial charge in [0.15, 0.2) is 0 Å². The lowest BCUT2D eigenvalue weighted by Gasteiger charge is -2.17. The van der Waals surface area contributed by atoms with Gasteiger partial charge < -0.3 is 0 Å². The molecule has 1 heterocycles. The summed E-state index contributed by atoms with van der Waals surface area (Å²) in [5, 5.41) is 2.51. The molecule has 102 valence electrons. The average molecular weight is 347 g/mol. The van der Waals surface area contributed by atoms with E-state index < -0.39 is 0 Å². The molecule has 3 aromatic rings. The minimum atomic E-state index is 0.117. The molecule has 0 aliphatic heterocycles. The molecule has 0 radical (unpaired) electrons. The van der Waals surface area contributed by atoms with Gasteiger partial charge in [0.05, 0.1) is 9.83 Å². The Bertz CT molecular complexity index is 718. The average Bonchev–Trinajstić information content (AvgIpc) is 2.89. The van der Waals surface area contributed by atoms with Gasteiger partial charge in [-0.2, -0.15) is 0 Å². The van der Waals surface area contributed by atoms with Gasteiger partial charge >= 0.3 is 0 Å². The van der Waals surface area contributed by atoms with Crippen LogP contribution in [0.25, 0.3) is 10.8 Å². The van der Waals surface area contributed by atoms with Crippen molar-refractivity contribution < 1.29 is 0 Å². The monoisotopic (exact) mass is 346 g/mol. The molecular weight excluding hydrogens is 332 g/mol. The van der Waals surface area contributed by atoms with Crippen LogP contribution in [-0.2, 0) is 6.42 Å². The molecule has 0 amide bonds. The van der Waals surface area contributed by atoms with E-state index in [1.807, 2.05) is 0 Å². The van der Waals surface area contributed by atoms with Gasteiger partial charge in [0.1, 0.15) is 0 Å². The van der Waals surface area contributed by atoms with E-state index in [1.54, 1.807) is 11.3 Å². The van der Waals surface area contributed by atoms with Crippen LogP contribution in [0, 0.1) is 0 Å². The molecule has 4 heteroatoms. The molecule has 1 aromatic heterocycles. The molecule has 2 nitrogen and oxygen atoms in total. The SMILES string of the molecule is NNC(Cc1ccc(Br)s1)c1cccc2ccccc12. The molecule has 0 aliphatic rings. The lowest BCUT2D eigenvalue weighted by atomic mass is 9.97. The predicted molar refractivity (Wildman–Crippen MR) is 89.7 cm³/mol. The Morgan fingerprint density at radius 3 is 2.60 bits per heavy atom. The maximum atomic E-state index is 5.79. The summed E-state index contributed by atoms with van der Waals surface area (Å²) in [6.45, 7) is 0. The van der Waals surface area contributed by atoms with E-state index in [9.17, 15) is 0 Å². The maximum Gasteiger partial charge on any atom is 0.0701 e. The first-order chi connectivity index (χ1) is 9.78. The van der Waals surface area contributed by atoms with Crippen LogP contribution in [0.2, 0.25) is 0 Å². The molecular formula is C16H15BrN2S. The van der Waals surface area contributed by atoms with Gasteiger partial charge in [-0.1, -0.05) is 42.5 Å². The minimum Gasteiger partial charge on any atom is -0.271 e. The van der Waals surface area contributed by atoms with Crippen molar-refractivity contribution in [2.75, 3.05) is 0 Å². The number of nitrogens with two attached hydrogens (primary N) is 1. The first-order valence-corrected chi connectivity index (χ1v) is 8.07. The second-order valence-electron chi connectivity index (χ2n) is 4.70. The second-order valence-corrected chi connectivity index (χ2v) is 7.25. The van der Waals surface area contributed by atoms with Crippen LogP contribution in [0.1, 0.15) is 16.5 Å². The Morgan fingerprint density at radius 1 is 1.05 bits per heavy atom. The molecule has 3 N–H and O–H groups in total. The summed E-state index contributed by atoms with van der Waals surface area (Å²) in [5.74, 6) is 5.79. The minimum absolute atomic E-state index is 0.117. The van der Waals surface area contributed by atoms with Gasteiger partial charge in [-0.05, 0) is 44.4 Å². The Kier molecular flexibility index (Phi) is 4.17. The lowest BCUT2D eigenvalue weighted by molar-refractivity contribution is 0.559. The van der Waals surface area contributed by atoms with Crippen molar-refractivity contribution in [3.63, 3.8) is 0 Å². The molecule has 0 aliphatic carbocycles. The third-order valence-corrected chi connectivity index (χ3v) is 5.08. The smallest absolute Gasteiger partial charge is 0.0701 e. The summed E-state index contributed by atoms with van der Waals surface area (Å²) in [7, 11) is 0. The number of thiophene rings is 1. The predicted octanol–water partition coefficient (Wildman–Crippen LogP) is 4.41. The summed E-state index contributed by atoms with van der Waals surface area (Å²) >= 11 is 5.26. The molecule has 0 saturated heterocycles. The quantitative estimate of drug-likeness (QED) is 0.542. The number of hydrazine groups is 1. The van der Waals surface area contributed by atoms with Crippen molar-refractivity contribution in [3.8, 4) is 0 Å². The van der Waals surface area contributed by atoms with Crippen molar-refractivity contribution in [3.05, 3.63) is 68.8 Å². The van der Waals surface area contributed by atoms with Crippen molar-refractivity contribution in [1.29, 1.82) is 0 Å². The second kappa shape index (κ2) is 6.06. The van der Waals surface area contributed by atoms with Crippen LogP contribution in [0.3, 0.4) is 0 Å². The van der Waals surface area contributed by atoms with Crippen LogP contribution >= 0.6 is 27.3 Å². The number of fused-ring (bicyclic) bond motifs is 1. The van der Waals surface area contributed by atoms with Crippen LogP contribution < -0.4 is 11.3 Å². The number of hydrogen-bond acceptors (Lipinski definition) is 3. The van der Waals surface area contributed by atoms with Crippen molar-refractivity contribution in [2.45, 2.75) is 12.5 Å². The van der Waals surface area contributed by atoms with Crippen molar-refractivity contribution in [1.82, 2.24) is 5.43 Å². The van der Waals surface area contributed by atoms with Crippen LogP contribution in [-0.4, -0.2) is 0 Å². The normalized spacial score (nSPS) is 12.7. The standard InChI is InChI=1S/C16H15BrN2S/c17-16-9-8-12(20-16)10-15(19-18)14-7-3-5-11-4-1-2-6-13(11)14/h1-9,15,19H,10,18H2. The molecule has 0 spiro atoms. The van der Waals surface area contributed by atoms with Gasteiger partial charge in [0.25, 0.3) is 0 Å². The molecule has 1 atom stereocenters. The molecule has 1 unspecified atom stereocenters. The number of nitrogens with one attached hydrogen (secondary N) is 1. The maximum absolute atomic E-state index is 5.79. The van der Waals surface area contributed by atoms with E-state index in [1.165, 1.54) is 21.2 Å². The number of rotatable bonds is 4. The largest absolute Gasteiger partial charge is 0.271 e. The van der Waals surface area contributed by atoms with Crippen molar-refractivity contribution in [2.24, 2.45) is 5.84 Å². The van der Waals surface area contributed by atoms with Gasteiger partial charge in [0, 0.05) is 11.3 Å². The topological polar surface area (TPSA) is 38.0 Å². The fourth-order valence-corrected chi connectivity index (χ4v) is 4.00. The number of halogens is 1. The van der Waals surface area contributed by atoms with E-state index in [2.05, 4.69) is 76.0 Å². The fraction of sp³-hybridized carbons (Fsp3) is 0.125. The molecule has 20 heavy (non-hydrogen) atoms. The van der Waals surface area contributed by atoms with Gasteiger partial charge in [0.2, 0.25) is 0 Å². The molecule has 0 bridgehead atoms. The van der Waals surface area contributed by atoms with Crippen LogP contribution in [0.4, 0.5) is 0 Å². The lowest BCUT2D eigenvalue weighted by Crippen LogP contribution is -2.29. The highest BCUT2D eigenvalue weighted by molar-refractivity contribution is 9.11. The third kappa shape index (κ3) is 2.79. The zero-order chi connectivity index (χ0) is 13.9. The summed E-state index contributed by atoms with van der Waals surface area (Å²) in [4.78, 5) is 1.31. The molecule has 0 fully saturated rings. The van der Waals surface area contributed by atoms with Crippen molar-refractivity contribution >= 4 is 38.0 Å². The Labute approximate surface area is 130 Å². The highest BCUT2D eigenvalue weighted by Crippen LogP contribution is 2.29. The van der Waals surface area contributed by atoms with E-state index in [4.69, 9.17) is 5.84 Å². The molecule has 0 saturated carbocycles. The van der Waals surface area contributed by atoms with E-state index >= 15 is 0 Å². The first-order valence-electron chi connectivity index (χ1n) is 6.46. The third-order valence-electron chi connectivity index (χ3n) is 3.43. The zero-order valence-corrected chi connectivity index (χ0v) is 13.2. The van der Waals surface area contributed by atoms with Crippen LogP contribution in [0.5, 0.6) is 0 Å². The Balaban J connectivity index is 1.98. The summed E-state index contributed by atoms with van der Waals surface area (Å²) < 4.78 is 1.15. The van der Waals surface area contributed by atoms with Gasteiger partial charge in [-0.15, -0.1) is 11.3 Å². The number of hydrogen-bond donors (Lipinski definition) is 2. The highest BCUT2D eigenvalue weighted by Gasteiger charge is 2.14. The number of benzene rings is 2. The Hall–Kier alpha value is -1.20. The zero-order valence-electron chi connectivity index (χ0n) is 10.8. The Morgan fingerprint density at radius 2 is 1.85 bits per heavy atom. The summed E-state index contributed by atoms with van der Waals surface area (Å²) in [6.07, 6.45) is 0.890. The molecule has 3 rings (SSSR count). The van der Waals surface area contributed by atoms with Gasteiger partial charge in [-0.3, -0.25) is 11.3 Å². The van der Waals surface area contributed by atoms with E-state index in [0.717, 1.165) is 10.2 Å².